The van der Waals surface area contributed by atoms with Crippen molar-refractivity contribution < 1.29 is 18.4 Å². The van der Waals surface area contributed by atoms with Gasteiger partial charge in [-0.05, 0) is 47.5 Å². The summed E-state index contributed by atoms with van der Waals surface area (Å²) in [5, 5.41) is 6.18. The highest BCUT2D eigenvalue weighted by atomic mass is 19.2. The summed E-state index contributed by atoms with van der Waals surface area (Å²) < 4.78 is 27.9. The maximum Gasteiger partial charge on any atom is 0.263 e. The number of nitrogens with one attached hydrogen (secondary N) is 2. The Morgan fingerprint density at radius 2 is 1.80 bits per heavy atom. The molecule has 4 rings (SSSR count). The van der Waals surface area contributed by atoms with Gasteiger partial charge in [-0.15, -0.1) is 0 Å². The molecule has 35 heavy (non-hydrogen) atoms. The number of fused-ring (bicyclic) bond motifs is 1. The fourth-order valence-corrected chi connectivity index (χ4v) is 3.47. The van der Waals surface area contributed by atoms with E-state index >= 15 is 0 Å². The largest absolute Gasteiger partial charge is 0.368 e. The van der Waals surface area contributed by atoms with E-state index in [0.29, 0.717) is 27.8 Å². The molecule has 0 saturated heterocycles. The Morgan fingerprint density at radius 1 is 1.00 bits per heavy atom. The topological polar surface area (TPSA) is 132 Å². The summed E-state index contributed by atoms with van der Waals surface area (Å²) >= 11 is 0. The van der Waals surface area contributed by atoms with Crippen LogP contribution < -0.4 is 21.9 Å². The molecule has 2 heterocycles. The van der Waals surface area contributed by atoms with Gasteiger partial charge in [0.05, 0.1) is 18.6 Å². The van der Waals surface area contributed by atoms with Crippen LogP contribution in [-0.2, 0) is 17.9 Å². The van der Waals surface area contributed by atoms with Crippen LogP contribution >= 0.6 is 0 Å². The smallest absolute Gasteiger partial charge is 0.263 e. The molecule has 0 unspecified atom stereocenters. The Morgan fingerprint density at radius 3 is 2.57 bits per heavy atom. The minimum absolute atomic E-state index is 0.0249. The quantitative estimate of drug-likeness (QED) is 0.355. The molecule has 4 N–H and O–H groups in total. The molecule has 0 atom stereocenters. The Bertz CT molecular complexity index is 1490. The number of amides is 2. The lowest BCUT2D eigenvalue weighted by Gasteiger charge is -2.11. The summed E-state index contributed by atoms with van der Waals surface area (Å²) in [7, 11) is 0. The maximum atomic E-state index is 13.5. The summed E-state index contributed by atoms with van der Waals surface area (Å²) in [5.41, 5.74) is 6.23. The fraction of sp³-hybridized carbons (Fsp3) is 0.125. The first kappa shape index (κ1) is 23.5. The molecule has 2 aromatic heterocycles. The summed E-state index contributed by atoms with van der Waals surface area (Å²) in [5.74, 6) is -2.71. The lowest BCUT2D eigenvalue weighted by molar-refractivity contribution is -0.116. The van der Waals surface area contributed by atoms with E-state index in [1.54, 1.807) is 18.2 Å². The Hall–Kier alpha value is -4.67. The minimum atomic E-state index is -1.02. The molecule has 0 aliphatic rings. The van der Waals surface area contributed by atoms with Crippen molar-refractivity contribution in [1.82, 2.24) is 19.9 Å². The molecule has 0 saturated carbocycles. The summed E-state index contributed by atoms with van der Waals surface area (Å²) in [6, 6.07) is 11.5. The van der Waals surface area contributed by atoms with E-state index in [0.717, 1.165) is 12.1 Å². The van der Waals surface area contributed by atoms with Crippen molar-refractivity contribution in [2.75, 3.05) is 11.9 Å². The molecule has 0 fully saturated rings. The van der Waals surface area contributed by atoms with Crippen molar-refractivity contribution in [2.45, 2.75) is 13.1 Å². The van der Waals surface area contributed by atoms with Gasteiger partial charge in [-0.2, -0.15) is 0 Å². The first-order valence-corrected chi connectivity index (χ1v) is 10.5. The van der Waals surface area contributed by atoms with E-state index in [4.69, 9.17) is 5.73 Å². The predicted molar refractivity (Wildman–Crippen MR) is 125 cm³/mol. The van der Waals surface area contributed by atoms with Crippen molar-refractivity contribution in [1.29, 1.82) is 0 Å². The second-order valence-electron chi connectivity index (χ2n) is 7.68. The second-order valence-corrected chi connectivity index (χ2v) is 7.68. The molecule has 0 spiro atoms. The van der Waals surface area contributed by atoms with Crippen LogP contribution in [0.5, 0.6) is 0 Å². The van der Waals surface area contributed by atoms with Crippen LogP contribution in [0, 0.1) is 11.6 Å². The van der Waals surface area contributed by atoms with Crippen LogP contribution in [0.15, 0.2) is 65.8 Å². The lowest BCUT2D eigenvalue weighted by atomic mass is 10.1. The van der Waals surface area contributed by atoms with E-state index in [2.05, 4.69) is 20.6 Å². The molecule has 0 aliphatic heterocycles. The number of nitrogens with zero attached hydrogens (tertiary/aromatic N) is 3. The number of hydrogen-bond acceptors (Lipinski definition) is 6. The van der Waals surface area contributed by atoms with Gasteiger partial charge in [0.15, 0.2) is 11.6 Å². The van der Waals surface area contributed by atoms with Crippen LogP contribution in [-0.4, -0.2) is 32.9 Å². The van der Waals surface area contributed by atoms with Crippen molar-refractivity contribution >= 4 is 28.5 Å². The lowest BCUT2D eigenvalue weighted by Crippen LogP contribution is -2.32. The SMILES string of the molecule is NC(=O)CNc1ncnc2ccc(CNC(=O)c3cccn(Cc4ccc(F)c(F)c4)c3=O)cc12. The number of aromatic nitrogens is 3. The first-order valence-electron chi connectivity index (χ1n) is 10.5. The van der Waals surface area contributed by atoms with Gasteiger partial charge in [0.2, 0.25) is 5.91 Å². The van der Waals surface area contributed by atoms with Crippen molar-refractivity contribution in [3.8, 4) is 0 Å². The minimum Gasteiger partial charge on any atom is -0.368 e. The van der Waals surface area contributed by atoms with Crippen LogP contribution in [0.2, 0.25) is 0 Å². The number of halogens is 2. The van der Waals surface area contributed by atoms with Crippen molar-refractivity contribution in [2.24, 2.45) is 5.73 Å². The average Bonchev–Trinajstić information content (AvgIpc) is 2.84. The number of carbonyl (C=O) groups excluding carboxylic acids is 2. The fourth-order valence-electron chi connectivity index (χ4n) is 3.47. The van der Waals surface area contributed by atoms with Crippen molar-refractivity contribution in [3.05, 3.63) is 99.7 Å². The molecule has 0 bridgehead atoms. The second kappa shape index (κ2) is 10.1. The van der Waals surface area contributed by atoms with Gasteiger partial charge < -0.3 is 20.9 Å². The van der Waals surface area contributed by atoms with Crippen molar-refractivity contribution in [3.63, 3.8) is 0 Å². The van der Waals surface area contributed by atoms with Gasteiger partial charge in [-0.3, -0.25) is 14.4 Å². The zero-order chi connectivity index (χ0) is 24.9. The highest BCUT2D eigenvalue weighted by Gasteiger charge is 2.13. The third kappa shape index (κ3) is 5.46. The molecule has 9 nitrogen and oxygen atoms in total. The molecular weight excluding hydrogens is 458 g/mol. The normalized spacial score (nSPS) is 10.8. The van der Waals surface area contributed by atoms with E-state index in [1.165, 1.54) is 35.3 Å². The number of hydrogen-bond donors (Lipinski definition) is 3. The first-order chi connectivity index (χ1) is 16.8. The standard InChI is InChI=1S/C24H20F2N6O3/c25-18-5-3-15(9-19(18)26)12-32-7-1-2-16(24(32)35)23(34)29-10-14-4-6-20-17(8-14)22(31-13-30-20)28-11-21(27)33/h1-9,13H,10-12H2,(H2,27,33)(H,29,34)(H,28,30,31). The molecule has 2 aromatic carbocycles. The zero-order valence-electron chi connectivity index (χ0n) is 18.3. The Kier molecular flexibility index (Phi) is 6.76. The molecule has 0 radical (unpaired) electrons. The van der Waals surface area contributed by atoms with Gasteiger partial charge >= 0.3 is 0 Å². The van der Waals surface area contributed by atoms with Gasteiger partial charge in [-0.25, -0.2) is 18.7 Å². The van der Waals surface area contributed by atoms with E-state index in [9.17, 15) is 23.2 Å². The monoisotopic (exact) mass is 478 g/mol. The highest BCUT2D eigenvalue weighted by molar-refractivity contribution is 5.94. The average molecular weight is 478 g/mol. The van der Waals surface area contributed by atoms with Gasteiger partial charge in [0, 0.05) is 18.1 Å². The van der Waals surface area contributed by atoms with Gasteiger partial charge in [0.1, 0.15) is 17.7 Å². The molecule has 0 aliphatic carbocycles. The van der Waals surface area contributed by atoms with E-state index in [1.807, 2.05) is 0 Å². The third-order valence-corrected chi connectivity index (χ3v) is 5.18. The van der Waals surface area contributed by atoms with E-state index in [-0.39, 0.29) is 25.2 Å². The number of anilines is 1. The Labute approximate surface area is 197 Å². The predicted octanol–water partition coefficient (Wildman–Crippen LogP) is 1.95. The summed E-state index contributed by atoms with van der Waals surface area (Å²) in [6.07, 6.45) is 2.82. The number of benzene rings is 2. The highest BCUT2D eigenvalue weighted by Crippen LogP contribution is 2.20. The molecule has 11 heteroatoms. The number of nitrogens with two attached hydrogens (primary N) is 1. The van der Waals surface area contributed by atoms with E-state index < -0.39 is 29.0 Å². The third-order valence-electron chi connectivity index (χ3n) is 5.18. The summed E-state index contributed by atoms with van der Waals surface area (Å²) in [4.78, 5) is 44.9. The van der Waals surface area contributed by atoms with Crippen LogP contribution in [0.3, 0.4) is 0 Å². The number of pyridine rings is 1. The molecular formula is C24H20F2N6O3. The van der Waals surface area contributed by atoms with Crippen LogP contribution in [0.4, 0.5) is 14.6 Å². The maximum absolute atomic E-state index is 13.5. The molecule has 4 aromatic rings. The van der Waals surface area contributed by atoms with Gasteiger partial charge in [-0.1, -0.05) is 12.1 Å². The Balaban J connectivity index is 1.50. The molecule has 2 amide bonds. The zero-order valence-corrected chi connectivity index (χ0v) is 18.3. The van der Waals surface area contributed by atoms with Crippen LogP contribution in [0.1, 0.15) is 21.5 Å². The molecule has 178 valence electrons. The van der Waals surface area contributed by atoms with Gasteiger partial charge in [0.25, 0.3) is 11.5 Å². The van der Waals surface area contributed by atoms with Crippen LogP contribution in [0.25, 0.3) is 10.9 Å². The number of rotatable bonds is 8. The number of primary amides is 1. The summed E-state index contributed by atoms with van der Waals surface area (Å²) in [6.45, 7) is -0.0166. The number of carbonyl (C=O) groups is 2.